The zero-order chi connectivity index (χ0) is 27.1. The summed E-state index contributed by atoms with van der Waals surface area (Å²) in [6.07, 6.45) is 1.45. The van der Waals surface area contributed by atoms with Gasteiger partial charge in [0.1, 0.15) is 6.61 Å². The number of hydrogen-bond donors (Lipinski definition) is 3. The number of benzene rings is 2. The maximum Gasteiger partial charge on any atom is 0.337 e. The second-order valence-electron chi connectivity index (χ2n) is 8.07. The molecular weight excluding hydrogens is 514 g/mol. The van der Waals surface area contributed by atoms with Gasteiger partial charge in [0.05, 0.1) is 41.0 Å². The van der Waals surface area contributed by atoms with Crippen molar-refractivity contribution in [2.45, 2.75) is 19.8 Å². The topological polar surface area (TPSA) is 121 Å². The van der Waals surface area contributed by atoms with Crippen LogP contribution < -0.4 is 15.4 Å². The Morgan fingerprint density at radius 1 is 1.30 bits per heavy atom. The van der Waals surface area contributed by atoms with Gasteiger partial charge in [-0.3, -0.25) is 4.79 Å². The van der Waals surface area contributed by atoms with Gasteiger partial charge in [-0.05, 0) is 49.2 Å². The van der Waals surface area contributed by atoms with Gasteiger partial charge >= 0.3 is 5.97 Å². The summed E-state index contributed by atoms with van der Waals surface area (Å²) in [7, 11) is 1.41. The summed E-state index contributed by atoms with van der Waals surface area (Å²) in [4.78, 5) is 25.7. The first-order valence-corrected chi connectivity index (χ1v) is 12.5. The number of phenols is 1. The van der Waals surface area contributed by atoms with Crippen molar-refractivity contribution in [3.8, 4) is 17.6 Å². The molecule has 8 nitrogen and oxygen atoms in total. The molecule has 0 aliphatic carbocycles. The molecule has 0 saturated heterocycles. The number of esters is 1. The molecule has 2 aromatic rings. The lowest BCUT2D eigenvalue weighted by Crippen LogP contribution is -2.29. The highest BCUT2D eigenvalue weighted by Crippen LogP contribution is 2.43. The standard InChI is InChI=1S/C27H26ClN3O5S/c1-5-10-36-27(34)24-16(3)30-26(37-14-23(33)31-20-12-18(28)8-6-15(20)2)19(13-29)25(24)17-7-9-21(32)22(11-17)35-4/h5-9,11-12,25,30,32H,1,10,14H2,2-4H3,(H,31,33)/t25-/m0/s1. The predicted octanol–water partition coefficient (Wildman–Crippen LogP) is 5.16. The van der Waals surface area contributed by atoms with Gasteiger partial charge in [-0.25, -0.2) is 4.79 Å². The van der Waals surface area contributed by atoms with E-state index in [4.69, 9.17) is 21.1 Å². The molecule has 1 amide bonds. The average Bonchev–Trinajstić information content (AvgIpc) is 2.88. The fraction of sp³-hybridized carbons (Fsp3) is 0.222. The fourth-order valence-corrected chi connectivity index (χ4v) is 4.83. The highest BCUT2D eigenvalue weighted by Gasteiger charge is 2.36. The smallest absolute Gasteiger partial charge is 0.337 e. The van der Waals surface area contributed by atoms with Crippen molar-refractivity contribution in [2.75, 3.05) is 24.8 Å². The largest absolute Gasteiger partial charge is 0.504 e. The molecule has 1 aliphatic rings. The zero-order valence-electron chi connectivity index (χ0n) is 20.6. The minimum Gasteiger partial charge on any atom is -0.504 e. The molecule has 0 radical (unpaired) electrons. The number of thioether (sulfide) groups is 1. The van der Waals surface area contributed by atoms with Crippen molar-refractivity contribution in [3.63, 3.8) is 0 Å². The van der Waals surface area contributed by atoms with Crippen LogP contribution in [-0.2, 0) is 14.3 Å². The van der Waals surface area contributed by atoms with E-state index in [9.17, 15) is 20.0 Å². The van der Waals surface area contributed by atoms with Gasteiger partial charge in [-0.2, -0.15) is 5.26 Å². The SMILES string of the molecule is C=CCOC(=O)C1=C(C)NC(SCC(=O)Nc2cc(Cl)ccc2C)=C(C#N)[C@@H]1c1ccc(O)c(OC)c1. The van der Waals surface area contributed by atoms with E-state index in [1.54, 1.807) is 31.2 Å². The number of nitrogens with one attached hydrogen (secondary N) is 2. The average molecular weight is 540 g/mol. The van der Waals surface area contributed by atoms with Crippen molar-refractivity contribution in [3.05, 3.63) is 87.1 Å². The minimum atomic E-state index is -0.821. The number of allylic oxidation sites excluding steroid dienone is 2. The normalized spacial score (nSPS) is 14.9. The van der Waals surface area contributed by atoms with E-state index in [1.165, 1.54) is 19.3 Å². The number of aromatic hydroxyl groups is 1. The monoisotopic (exact) mass is 539 g/mol. The maximum absolute atomic E-state index is 13.0. The number of hydrogen-bond acceptors (Lipinski definition) is 8. The summed E-state index contributed by atoms with van der Waals surface area (Å²) >= 11 is 7.18. The highest BCUT2D eigenvalue weighted by molar-refractivity contribution is 8.03. The van der Waals surface area contributed by atoms with Crippen molar-refractivity contribution in [1.82, 2.24) is 5.32 Å². The quantitative estimate of drug-likeness (QED) is 0.295. The zero-order valence-corrected chi connectivity index (χ0v) is 22.1. The van der Waals surface area contributed by atoms with Gasteiger partial charge in [0.25, 0.3) is 0 Å². The van der Waals surface area contributed by atoms with Crippen molar-refractivity contribution in [2.24, 2.45) is 0 Å². The fourth-order valence-electron chi connectivity index (χ4n) is 3.77. The van der Waals surface area contributed by atoms with Crippen LogP contribution in [0.2, 0.25) is 5.02 Å². The van der Waals surface area contributed by atoms with Crippen LogP contribution in [0.4, 0.5) is 5.69 Å². The third kappa shape index (κ3) is 6.47. The number of methoxy groups -OCH3 is 1. The number of rotatable bonds is 9. The van der Waals surface area contributed by atoms with Gasteiger partial charge in [-0.15, -0.1) is 0 Å². The van der Waals surface area contributed by atoms with Crippen molar-refractivity contribution >= 4 is 40.9 Å². The van der Waals surface area contributed by atoms with Crippen LogP contribution in [0.3, 0.4) is 0 Å². The summed E-state index contributed by atoms with van der Waals surface area (Å²) in [5, 5.41) is 27.1. The van der Waals surface area contributed by atoms with Gasteiger partial charge < -0.3 is 25.2 Å². The Morgan fingerprint density at radius 2 is 2.05 bits per heavy atom. The number of carbonyl (C=O) groups is 2. The number of carbonyl (C=O) groups excluding carboxylic acids is 2. The Bertz CT molecular complexity index is 1350. The minimum absolute atomic E-state index is 0.00245. The lowest BCUT2D eigenvalue weighted by Gasteiger charge is -2.29. The highest BCUT2D eigenvalue weighted by atomic mass is 35.5. The number of aryl methyl sites for hydroxylation is 1. The first-order valence-electron chi connectivity index (χ1n) is 11.2. The first kappa shape index (κ1) is 27.7. The molecule has 1 aliphatic heterocycles. The predicted molar refractivity (Wildman–Crippen MR) is 144 cm³/mol. The molecule has 37 heavy (non-hydrogen) atoms. The van der Waals surface area contributed by atoms with Crippen molar-refractivity contribution in [1.29, 1.82) is 5.26 Å². The van der Waals surface area contributed by atoms with Crippen LogP contribution in [0.1, 0.15) is 24.0 Å². The summed E-state index contributed by atoms with van der Waals surface area (Å²) in [5.41, 5.74) is 2.92. The second kappa shape index (κ2) is 12.4. The van der Waals surface area contributed by atoms with Crippen LogP contribution >= 0.6 is 23.4 Å². The van der Waals surface area contributed by atoms with Crippen LogP contribution in [-0.4, -0.2) is 36.5 Å². The Morgan fingerprint density at radius 3 is 2.73 bits per heavy atom. The van der Waals surface area contributed by atoms with Gasteiger partial charge in [0.2, 0.25) is 5.91 Å². The molecule has 192 valence electrons. The lowest BCUT2D eigenvalue weighted by molar-refractivity contribution is -0.138. The van der Waals surface area contributed by atoms with E-state index >= 15 is 0 Å². The Hall–Kier alpha value is -3.87. The van der Waals surface area contributed by atoms with E-state index < -0.39 is 11.9 Å². The molecule has 0 spiro atoms. The van der Waals surface area contributed by atoms with Crippen molar-refractivity contribution < 1.29 is 24.2 Å². The van der Waals surface area contributed by atoms with Gasteiger partial charge in [0.15, 0.2) is 11.5 Å². The molecule has 0 saturated carbocycles. The van der Waals surface area contributed by atoms with E-state index in [0.29, 0.717) is 27.0 Å². The van der Waals surface area contributed by atoms with Crippen LogP contribution in [0, 0.1) is 18.3 Å². The molecule has 0 fully saturated rings. The van der Waals surface area contributed by atoms with Crippen LogP contribution in [0.25, 0.3) is 0 Å². The Balaban J connectivity index is 1.96. The molecule has 0 unspecified atom stereocenters. The molecule has 0 aromatic heterocycles. The third-order valence-electron chi connectivity index (χ3n) is 5.56. The van der Waals surface area contributed by atoms with Crippen LogP contribution in [0.5, 0.6) is 11.5 Å². The summed E-state index contributed by atoms with van der Waals surface area (Å²) < 4.78 is 10.5. The summed E-state index contributed by atoms with van der Waals surface area (Å²) in [6, 6.07) is 12.0. The number of nitriles is 1. The third-order valence-corrected chi connectivity index (χ3v) is 6.81. The van der Waals surface area contributed by atoms with E-state index in [2.05, 4.69) is 23.3 Å². The first-order chi connectivity index (χ1) is 17.7. The number of ether oxygens (including phenoxy) is 2. The van der Waals surface area contributed by atoms with E-state index in [-0.39, 0.29) is 40.9 Å². The number of nitrogens with zero attached hydrogens (tertiary/aromatic N) is 1. The molecular formula is C27H26ClN3O5S. The summed E-state index contributed by atoms with van der Waals surface area (Å²) in [5.74, 6) is -1.62. The molecule has 0 bridgehead atoms. The Kier molecular flexibility index (Phi) is 9.28. The number of amides is 1. The molecule has 1 atom stereocenters. The van der Waals surface area contributed by atoms with E-state index in [1.807, 2.05) is 13.0 Å². The number of anilines is 1. The van der Waals surface area contributed by atoms with Gasteiger partial charge in [-0.1, -0.05) is 48.2 Å². The van der Waals surface area contributed by atoms with Crippen LogP contribution in [0.15, 0.2) is 70.9 Å². The number of dihydropyridines is 1. The number of halogens is 1. The number of phenolic OH excluding ortho intramolecular Hbond substituents is 1. The molecule has 2 aromatic carbocycles. The maximum atomic E-state index is 13.0. The Labute approximate surface area is 224 Å². The molecule has 10 heteroatoms. The lowest BCUT2D eigenvalue weighted by atomic mass is 9.82. The molecule has 3 rings (SSSR count). The summed E-state index contributed by atoms with van der Waals surface area (Å²) in [6.45, 7) is 7.12. The second-order valence-corrected chi connectivity index (χ2v) is 9.49. The molecule has 3 N–H and O–H groups in total. The van der Waals surface area contributed by atoms with Gasteiger partial charge in [0, 0.05) is 16.4 Å². The van der Waals surface area contributed by atoms with E-state index in [0.717, 1.165) is 17.3 Å². The molecule has 1 heterocycles.